The van der Waals surface area contributed by atoms with Crippen LogP contribution in [0.25, 0.3) is 0 Å². The summed E-state index contributed by atoms with van der Waals surface area (Å²) in [6.07, 6.45) is 2.26. The fraction of sp³-hybridized carbons (Fsp3) is 1.00. The molecular formula is C7H18Cl2N2. The minimum atomic E-state index is 0. The summed E-state index contributed by atoms with van der Waals surface area (Å²) < 4.78 is 0. The monoisotopic (exact) mass is 200 g/mol. The van der Waals surface area contributed by atoms with Crippen LogP contribution in [0.15, 0.2) is 0 Å². The van der Waals surface area contributed by atoms with Gasteiger partial charge in [0.1, 0.15) is 0 Å². The molecule has 1 saturated heterocycles. The van der Waals surface area contributed by atoms with Crippen LogP contribution in [0.1, 0.15) is 26.7 Å². The maximum Gasteiger partial charge on any atom is 0.00682 e. The molecule has 2 nitrogen and oxygen atoms in total. The van der Waals surface area contributed by atoms with Gasteiger partial charge in [-0.05, 0) is 26.7 Å². The van der Waals surface area contributed by atoms with Gasteiger partial charge in [0.2, 0.25) is 0 Å². The molecule has 0 saturated carbocycles. The van der Waals surface area contributed by atoms with Crippen molar-refractivity contribution in [2.75, 3.05) is 0 Å². The van der Waals surface area contributed by atoms with Crippen molar-refractivity contribution in [3.63, 3.8) is 0 Å². The molecule has 0 aliphatic carbocycles. The Bertz CT molecular complexity index is 75.4. The summed E-state index contributed by atoms with van der Waals surface area (Å²) in [4.78, 5) is 0. The molecule has 1 aliphatic heterocycles. The maximum atomic E-state index is 5.78. The average Bonchev–Trinajstić information content (AvgIpc) is 1.59. The fourth-order valence-corrected chi connectivity index (χ4v) is 1.63. The number of rotatable bonds is 0. The summed E-state index contributed by atoms with van der Waals surface area (Å²) >= 11 is 0. The van der Waals surface area contributed by atoms with Gasteiger partial charge in [0, 0.05) is 18.1 Å². The Morgan fingerprint density at radius 2 is 1.45 bits per heavy atom. The Hall–Kier alpha value is 0.500. The number of hydrogen-bond donors (Lipinski definition) is 2. The van der Waals surface area contributed by atoms with Gasteiger partial charge in [-0.1, -0.05) is 0 Å². The van der Waals surface area contributed by atoms with Crippen molar-refractivity contribution in [3.05, 3.63) is 0 Å². The van der Waals surface area contributed by atoms with Gasteiger partial charge < -0.3 is 11.1 Å². The lowest BCUT2D eigenvalue weighted by molar-refractivity contribution is 0.317. The zero-order valence-electron chi connectivity index (χ0n) is 7.04. The van der Waals surface area contributed by atoms with Gasteiger partial charge in [-0.3, -0.25) is 0 Å². The van der Waals surface area contributed by atoms with Gasteiger partial charge in [0.25, 0.3) is 0 Å². The predicted octanol–water partition coefficient (Wildman–Crippen LogP) is 1.32. The highest BCUT2D eigenvalue weighted by Crippen LogP contribution is 2.10. The first-order valence-corrected chi connectivity index (χ1v) is 3.70. The summed E-state index contributed by atoms with van der Waals surface area (Å²) in [5, 5.41) is 3.43. The largest absolute Gasteiger partial charge is 0.328 e. The van der Waals surface area contributed by atoms with Crippen LogP contribution in [0.3, 0.4) is 0 Å². The van der Waals surface area contributed by atoms with Gasteiger partial charge in [-0.2, -0.15) is 0 Å². The molecule has 0 bridgehead atoms. The predicted molar refractivity (Wildman–Crippen MR) is 53.8 cm³/mol. The lowest BCUT2D eigenvalue weighted by atomic mass is 9.96. The van der Waals surface area contributed by atoms with E-state index >= 15 is 0 Å². The molecule has 2 atom stereocenters. The summed E-state index contributed by atoms with van der Waals surface area (Å²) in [6.45, 7) is 4.38. The van der Waals surface area contributed by atoms with Crippen LogP contribution in [0, 0.1) is 0 Å². The number of nitrogens with one attached hydrogen (secondary N) is 1. The molecular weight excluding hydrogens is 183 g/mol. The van der Waals surface area contributed by atoms with Crippen LogP contribution in [-0.4, -0.2) is 18.1 Å². The number of nitrogens with two attached hydrogens (primary N) is 1. The number of piperidine rings is 1. The minimum Gasteiger partial charge on any atom is -0.328 e. The maximum absolute atomic E-state index is 5.78. The normalized spacial score (nSPS) is 36.8. The molecule has 1 heterocycles. The van der Waals surface area contributed by atoms with E-state index in [1.54, 1.807) is 0 Å². The lowest BCUT2D eigenvalue weighted by Gasteiger charge is -2.30. The van der Waals surface area contributed by atoms with E-state index in [0.29, 0.717) is 18.1 Å². The van der Waals surface area contributed by atoms with Gasteiger partial charge in [0.05, 0.1) is 0 Å². The Morgan fingerprint density at radius 1 is 1.09 bits per heavy atom. The molecule has 4 heteroatoms. The SMILES string of the molecule is CC1CC(N)CC(C)N1.Cl.Cl. The van der Waals surface area contributed by atoms with Crippen LogP contribution in [0.5, 0.6) is 0 Å². The molecule has 11 heavy (non-hydrogen) atoms. The first-order valence-electron chi connectivity index (χ1n) is 3.70. The highest BCUT2D eigenvalue weighted by molar-refractivity contribution is 5.85. The second kappa shape index (κ2) is 6.06. The highest BCUT2D eigenvalue weighted by atomic mass is 35.5. The van der Waals surface area contributed by atoms with E-state index in [9.17, 15) is 0 Å². The van der Waals surface area contributed by atoms with Crippen molar-refractivity contribution in [3.8, 4) is 0 Å². The van der Waals surface area contributed by atoms with Gasteiger partial charge in [-0.25, -0.2) is 0 Å². The molecule has 0 radical (unpaired) electrons. The van der Waals surface area contributed by atoms with Gasteiger partial charge >= 0.3 is 0 Å². The Morgan fingerprint density at radius 3 is 1.73 bits per heavy atom. The average molecular weight is 201 g/mol. The first-order chi connectivity index (χ1) is 4.18. The summed E-state index contributed by atoms with van der Waals surface area (Å²) in [5.41, 5.74) is 5.78. The molecule has 0 spiro atoms. The van der Waals surface area contributed by atoms with E-state index in [1.807, 2.05) is 0 Å². The van der Waals surface area contributed by atoms with E-state index in [4.69, 9.17) is 5.73 Å². The zero-order valence-corrected chi connectivity index (χ0v) is 8.67. The summed E-state index contributed by atoms with van der Waals surface area (Å²) in [7, 11) is 0. The molecule has 3 N–H and O–H groups in total. The Labute approximate surface area is 81.1 Å². The van der Waals surface area contributed by atoms with Crippen molar-refractivity contribution in [1.82, 2.24) is 5.32 Å². The smallest absolute Gasteiger partial charge is 0.00682 e. The summed E-state index contributed by atoms with van der Waals surface area (Å²) in [5.74, 6) is 0. The van der Waals surface area contributed by atoms with E-state index < -0.39 is 0 Å². The Kier molecular flexibility index (Phi) is 7.75. The van der Waals surface area contributed by atoms with Crippen LogP contribution >= 0.6 is 24.8 Å². The van der Waals surface area contributed by atoms with Crippen molar-refractivity contribution < 1.29 is 0 Å². The Balaban J connectivity index is 0. The third-order valence-corrected chi connectivity index (χ3v) is 1.88. The van der Waals surface area contributed by atoms with Crippen LogP contribution < -0.4 is 11.1 Å². The van der Waals surface area contributed by atoms with Crippen molar-refractivity contribution in [2.45, 2.75) is 44.8 Å². The molecule has 0 aromatic rings. The van der Waals surface area contributed by atoms with Crippen molar-refractivity contribution in [2.24, 2.45) is 5.73 Å². The number of hydrogen-bond acceptors (Lipinski definition) is 2. The molecule has 0 amide bonds. The summed E-state index contributed by atoms with van der Waals surface area (Å²) in [6, 6.07) is 1.66. The van der Waals surface area contributed by atoms with Crippen LogP contribution in [0.2, 0.25) is 0 Å². The lowest BCUT2D eigenvalue weighted by Crippen LogP contribution is -2.47. The van der Waals surface area contributed by atoms with Crippen LogP contribution in [-0.2, 0) is 0 Å². The van der Waals surface area contributed by atoms with Gasteiger partial charge in [0.15, 0.2) is 0 Å². The van der Waals surface area contributed by atoms with E-state index in [0.717, 1.165) is 12.8 Å². The van der Waals surface area contributed by atoms with Crippen molar-refractivity contribution >= 4 is 24.8 Å². The van der Waals surface area contributed by atoms with E-state index in [1.165, 1.54) is 0 Å². The molecule has 70 valence electrons. The van der Waals surface area contributed by atoms with E-state index in [2.05, 4.69) is 19.2 Å². The highest BCUT2D eigenvalue weighted by Gasteiger charge is 2.19. The van der Waals surface area contributed by atoms with E-state index in [-0.39, 0.29) is 24.8 Å². The fourth-order valence-electron chi connectivity index (χ4n) is 1.63. The van der Waals surface area contributed by atoms with Crippen molar-refractivity contribution in [1.29, 1.82) is 0 Å². The molecule has 0 aromatic carbocycles. The zero-order chi connectivity index (χ0) is 6.85. The number of halogens is 2. The molecule has 1 rings (SSSR count). The second-order valence-corrected chi connectivity index (χ2v) is 3.20. The standard InChI is InChI=1S/C7H16N2.2ClH/c1-5-3-7(8)4-6(2)9-5;;/h5-7,9H,3-4,8H2,1-2H3;2*1H. The van der Waals surface area contributed by atoms with Crippen LogP contribution in [0.4, 0.5) is 0 Å². The topological polar surface area (TPSA) is 38.0 Å². The third-order valence-electron chi connectivity index (χ3n) is 1.88. The minimum absolute atomic E-state index is 0. The molecule has 1 fully saturated rings. The molecule has 1 aliphatic rings. The quantitative estimate of drug-likeness (QED) is 0.620. The molecule has 0 aromatic heterocycles. The first kappa shape index (κ1) is 14.0. The second-order valence-electron chi connectivity index (χ2n) is 3.20. The van der Waals surface area contributed by atoms with Gasteiger partial charge in [-0.15, -0.1) is 24.8 Å². The molecule has 2 unspecified atom stereocenters. The third kappa shape index (κ3) is 4.86.